The Morgan fingerprint density at radius 2 is 2.16 bits per heavy atom. The molecule has 1 heterocycles. The molecule has 0 spiro atoms. The summed E-state index contributed by atoms with van der Waals surface area (Å²) in [7, 11) is 0. The van der Waals surface area contributed by atoms with Crippen molar-refractivity contribution in [2.75, 3.05) is 6.54 Å². The number of imide groups is 1. The number of halogens is 2. The highest BCUT2D eigenvalue weighted by atomic mass is 79.9. The lowest BCUT2D eigenvalue weighted by Crippen LogP contribution is -2.32. The largest absolute Gasteiger partial charge is 0.326 e. The normalized spacial score (nSPS) is 18.9. The third-order valence-corrected chi connectivity index (χ3v) is 3.56. The zero-order valence-electron chi connectivity index (χ0n) is 10.5. The van der Waals surface area contributed by atoms with Crippen molar-refractivity contribution in [1.29, 1.82) is 0 Å². The van der Waals surface area contributed by atoms with E-state index in [2.05, 4.69) is 21.2 Å². The van der Waals surface area contributed by atoms with E-state index >= 15 is 0 Å². The smallest absolute Gasteiger partial charge is 0.324 e. The molecule has 19 heavy (non-hydrogen) atoms. The fourth-order valence-electron chi connectivity index (χ4n) is 2.02. The van der Waals surface area contributed by atoms with Crippen LogP contribution < -0.4 is 5.32 Å². The van der Waals surface area contributed by atoms with Crippen molar-refractivity contribution < 1.29 is 14.0 Å². The Hall–Kier alpha value is -1.43. The molecule has 1 aromatic rings. The van der Waals surface area contributed by atoms with Gasteiger partial charge in [0.15, 0.2) is 0 Å². The first-order valence-electron chi connectivity index (χ1n) is 6.05. The Labute approximate surface area is 119 Å². The van der Waals surface area contributed by atoms with Crippen LogP contribution in [0.2, 0.25) is 0 Å². The van der Waals surface area contributed by atoms with Gasteiger partial charge in [-0.1, -0.05) is 22.0 Å². The van der Waals surface area contributed by atoms with E-state index in [0.29, 0.717) is 29.4 Å². The quantitative estimate of drug-likeness (QED) is 0.863. The van der Waals surface area contributed by atoms with E-state index in [0.717, 1.165) is 0 Å². The summed E-state index contributed by atoms with van der Waals surface area (Å²) in [5.41, 5.74) is 0.586. The predicted molar refractivity (Wildman–Crippen MR) is 72.1 cm³/mol. The molecule has 1 saturated heterocycles. The molecule has 1 atom stereocenters. The van der Waals surface area contributed by atoms with E-state index in [9.17, 15) is 14.0 Å². The summed E-state index contributed by atoms with van der Waals surface area (Å²) >= 11 is 3.19. The van der Waals surface area contributed by atoms with E-state index in [4.69, 9.17) is 0 Å². The number of rotatable bonds is 4. The van der Waals surface area contributed by atoms with Crippen molar-refractivity contribution >= 4 is 27.9 Å². The monoisotopic (exact) mass is 328 g/mol. The topological polar surface area (TPSA) is 49.4 Å². The lowest BCUT2D eigenvalue weighted by Gasteiger charge is -2.12. The third kappa shape index (κ3) is 3.12. The Morgan fingerprint density at radius 1 is 1.42 bits per heavy atom. The molecule has 1 N–H and O–H groups in total. The molecular formula is C13H14BrFN2O2. The van der Waals surface area contributed by atoms with E-state index in [1.54, 1.807) is 19.1 Å². The molecule has 1 aliphatic rings. The number of nitrogens with one attached hydrogen (secondary N) is 1. The standard InChI is InChI=1S/C13H14BrFN2O2/c1-8-12(18)17(13(19)16-8)6-2-3-9-4-5-10(14)7-11(9)15/h4-5,7-8H,2-3,6H2,1H3,(H,16,19). The molecule has 0 radical (unpaired) electrons. The van der Waals surface area contributed by atoms with Crippen LogP contribution >= 0.6 is 15.9 Å². The van der Waals surface area contributed by atoms with Gasteiger partial charge < -0.3 is 5.32 Å². The van der Waals surface area contributed by atoms with E-state index in [1.165, 1.54) is 11.0 Å². The summed E-state index contributed by atoms with van der Waals surface area (Å²) in [5.74, 6) is -0.499. The van der Waals surface area contributed by atoms with Crippen molar-refractivity contribution in [1.82, 2.24) is 10.2 Å². The molecule has 3 amide bonds. The number of carbonyl (C=O) groups is 2. The molecule has 2 rings (SSSR count). The molecule has 1 unspecified atom stereocenters. The van der Waals surface area contributed by atoms with Crippen LogP contribution in [-0.2, 0) is 11.2 Å². The summed E-state index contributed by atoms with van der Waals surface area (Å²) in [6.45, 7) is 1.96. The van der Waals surface area contributed by atoms with Gasteiger partial charge in [-0.25, -0.2) is 9.18 Å². The first kappa shape index (κ1) is 14.0. The van der Waals surface area contributed by atoms with Crippen LogP contribution in [0.1, 0.15) is 18.9 Å². The van der Waals surface area contributed by atoms with E-state index < -0.39 is 6.04 Å². The van der Waals surface area contributed by atoms with Gasteiger partial charge in [0.1, 0.15) is 11.9 Å². The number of benzene rings is 1. The van der Waals surface area contributed by atoms with Gasteiger partial charge in [-0.05, 0) is 37.5 Å². The van der Waals surface area contributed by atoms with Crippen LogP contribution in [-0.4, -0.2) is 29.4 Å². The molecule has 102 valence electrons. The zero-order chi connectivity index (χ0) is 14.0. The van der Waals surface area contributed by atoms with Gasteiger partial charge in [-0.3, -0.25) is 9.69 Å². The lowest BCUT2D eigenvalue weighted by atomic mass is 10.1. The maximum absolute atomic E-state index is 13.6. The lowest BCUT2D eigenvalue weighted by molar-refractivity contribution is -0.127. The maximum atomic E-state index is 13.6. The molecule has 6 heteroatoms. The number of amides is 3. The minimum atomic E-state index is -0.461. The van der Waals surface area contributed by atoms with Crippen LogP contribution in [0.15, 0.2) is 22.7 Å². The second-order valence-corrected chi connectivity index (χ2v) is 5.42. The first-order chi connectivity index (χ1) is 8.99. The van der Waals surface area contributed by atoms with Gasteiger partial charge in [0.25, 0.3) is 5.91 Å². The molecule has 1 aliphatic heterocycles. The van der Waals surface area contributed by atoms with Gasteiger partial charge >= 0.3 is 6.03 Å². The molecule has 0 aliphatic carbocycles. The summed E-state index contributed by atoms with van der Waals surface area (Å²) in [4.78, 5) is 24.3. The third-order valence-electron chi connectivity index (χ3n) is 3.06. The van der Waals surface area contributed by atoms with Gasteiger partial charge in [0.2, 0.25) is 0 Å². The highest BCUT2D eigenvalue weighted by molar-refractivity contribution is 9.10. The summed E-state index contributed by atoms with van der Waals surface area (Å²) in [5, 5.41) is 2.54. The highest BCUT2D eigenvalue weighted by Gasteiger charge is 2.34. The Balaban J connectivity index is 1.90. The Bertz CT molecular complexity index is 521. The van der Waals surface area contributed by atoms with Crippen molar-refractivity contribution in [2.45, 2.75) is 25.8 Å². The molecule has 0 bridgehead atoms. The van der Waals surface area contributed by atoms with Crippen LogP contribution in [0.4, 0.5) is 9.18 Å². The molecule has 4 nitrogen and oxygen atoms in total. The molecule has 1 fully saturated rings. The van der Waals surface area contributed by atoms with Crippen LogP contribution in [0, 0.1) is 5.82 Å². The molecule has 0 aromatic heterocycles. The van der Waals surface area contributed by atoms with Crippen LogP contribution in [0.3, 0.4) is 0 Å². The number of nitrogens with zero attached hydrogens (tertiary/aromatic N) is 1. The van der Waals surface area contributed by atoms with Crippen LogP contribution in [0.25, 0.3) is 0 Å². The van der Waals surface area contributed by atoms with Crippen molar-refractivity contribution in [2.24, 2.45) is 0 Å². The minimum Gasteiger partial charge on any atom is -0.326 e. The fraction of sp³-hybridized carbons (Fsp3) is 0.385. The maximum Gasteiger partial charge on any atom is 0.324 e. The number of hydrogen-bond donors (Lipinski definition) is 1. The SMILES string of the molecule is CC1NC(=O)N(CCCc2ccc(Br)cc2F)C1=O. The summed E-state index contributed by atoms with van der Waals surface area (Å²) in [6.07, 6.45) is 1.04. The second kappa shape index (κ2) is 5.69. The number of aryl methyl sites for hydroxylation is 1. The average Bonchev–Trinajstić information content (AvgIpc) is 2.58. The first-order valence-corrected chi connectivity index (χ1v) is 6.84. The zero-order valence-corrected chi connectivity index (χ0v) is 12.0. The minimum absolute atomic E-state index is 0.221. The fourth-order valence-corrected chi connectivity index (χ4v) is 2.36. The van der Waals surface area contributed by atoms with Crippen LogP contribution in [0.5, 0.6) is 0 Å². The van der Waals surface area contributed by atoms with Crippen molar-refractivity contribution in [3.05, 3.63) is 34.1 Å². The number of hydrogen-bond acceptors (Lipinski definition) is 2. The molecule has 1 aromatic carbocycles. The van der Waals surface area contributed by atoms with Gasteiger partial charge in [-0.15, -0.1) is 0 Å². The second-order valence-electron chi connectivity index (χ2n) is 4.50. The van der Waals surface area contributed by atoms with Crippen molar-refractivity contribution in [3.8, 4) is 0 Å². The Morgan fingerprint density at radius 3 is 2.74 bits per heavy atom. The molecular weight excluding hydrogens is 315 g/mol. The predicted octanol–water partition coefficient (Wildman–Crippen LogP) is 2.46. The highest BCUT2D eigenvalue weighted by Crippen LogP contribution is 2.17. The van der Waals surface area contributed by atoms with Gasteiger partial charge in [0, 0.05) is 11.0 Å². The van der Waals surface area contributed by atoms with E-state index in [1.807, 2.05) is 0 Å². The molecule has 0 saturated carbocycles. The average molecular weight is 329 g/mol. The Kier molecular flexibility index (Phi) is 4.19. The van der Waals surface area contributed by atoms with Crippen molar-refractivity contribution in [3.63, 3.8) is 0 Å². The summed E-state index contributed by atoms with van der Waals surface area (Å²) in [6, 6.07) is 4.05. The van der Waals surface area contributed by atoms with Gasteiger partial charge in [-0.2, -0.15) is 0 Å². The van der Waals surface area contributed by atoms with E-state index in [-0.39, 0.29) is 17.8 Å². The number of carbonyl (C=O) groups excluding carboxylic acids is 2. The van der Waals surface area contributed by atoms with Gasteiger partial charge in [0.05, 0.1) is 0 Å². The summed E-state index contributed by atoms with van der Waals surface area (Å²) < 4.78 is 14.3. The number of urea groups is 1.